The molecule has 0 saturated carbocycles. The van der Waals surface area contributed by atoms with Gasteiger partial charge in [0.1, 0.15) is 5.82 Å². The molecular weight excluding hydrogens is 273 g/mol. The Morgan fingerprint density at radius 3 is 2.75 bits per heavy atom. The second-order valence-corrected chi connectivity index (χ2v) is 6.25. The maximum absolute atomic E-state index is 13.9. The number of rotatable bonds is 3. The quantitative estimate of drug-likeness (QED) is 0.935. The van der Waals surface area contributed by atoms with Gasteiger partial charge < -0.3 is 5.11 Å². The number of hydrogen-bond donors (Lipinski definition) is 1. The van der Waals surface area contributed by atoms with Gasteiger partial charge in [-0.1, -0.05) is 12.1 Å². The van der Waals surface area contributed by atoms with Crippen LogP contribution in [0.25, 0.3) is 10.4 Å². The summed E-state index contributed by atoms with van der Waals surface area (Å²) in [5.41, 5.74) is 1.82. The fraction of sp³-hybridized carbons (Fsp3) is 0.375. The van der Waals surface area contributed by atoms with E-state index in [9.17, 15) is 9.50 Å². The molecule has 1 saturated heterocycles. The number of nitrogens with zero attached hydrogens (tertiary/aromatic N) is 1. The zero-order valence-corrected chi connectivity index (χ0v) is 12.1. The Morgan fingerprint density at radius 2 is 2.05 bits per heavy atom. The van der Waals surface area contributed by atoms with Crippen molar-refractivity contribution >= 4 is 11.3 Å². The van der Waals surface area contributed by atoms with E-state index < -0.39 is 0 Å². The highest BCUT2D eigenvalue weighted by atomic mass is 32.1. The van der Waals surface area contributed by atoms with E-state index in [1.165, 1.54) is 0 Å². The molecule has 0 aliphatic carbocycles. The maximum Gasteiger partial charge on any atom is 0.131 e. The standard InChI is InChI=1S/C16H18FNOS/c17-15-4-3-12(10-14(15)16-2-1-9-20-16)11-18-7-5-13(19)6-8-18/h1-4,9-10,13,19H,5-8,11H2. The third-order valence-corrected chi connectivity index (χ3v) is 4.68. The number of piperidine rings is 1. The number of likely N-dealkylation sites (tertiary alicyclic amines) is 1. The first kappa shape index (κ1) is 13.7. The zero-order chi connectivity index (χ0) is 13.9. The molecule has 0 radical (unpaired) electrons. The van der Waals surface area contributed by atoms with Crippen LogP contribution < -0.4 is 0 Å². The van der Waals surface area contributed by atoms with E-state index in [0.717, 1.165) is 42.9 Å². The molecule has 0 bridgehead atoms. The lowest BCUT2D eigenvalue weighted by atomic mass is 10.1. The number of halogens is 1. The van der Waals surface area contributed by atoms with Crippen LogP contribution >= 0.6 is 11.3 Å². The minimum absolute atomic E-state index is 0.152. The Kier molecular flexibility index (Phi) is 4.15. The molecule has 0 amide bonds. The summed E-state index contributed by atoms with van der Waals surface area (Å²) < 4.78 is 13.9. The fourth-order valence-electron chi connectivity index (χ4n) is 2.63. The van der Waals surface area contributed by atoms with E-state index in [1.807, 2.05) is 29.6 Å². The molecule has 0 spiro atoms. The molecule has 1 aromatic heterocycles. The van der Waals surface area contributed by atoms with E-state index in [2.05, 4.69) is 4.90 Å². The van der Waals surface area contributed by atoms with Gasteiger partial charge in [-0.2, -0.15) is 0 Å². The first-order chi connectivity index (χ1) is 9.72. The highest BCUT2D eigenvalue weighted by molar-refractivity contribution is 7.13. The minimum Gasteiger partial charge on any atom is -0.393 e. The monoisotopic (exact) mass is 291 g/mol. The molecule has 1 aromatic carbocycles. The van der Waals surface area contributed by atoms with Crippen molar-refractivity contribution < 1.29 is 9.50 Å². The van der Waals surface area contributed by atoms with Crippen LogP contribution in [-0.2, 0) is 6.54 Å². The van der Waals surface area contributed by atoms with Crippen molar-refractivity contribution in [2.75, 3.05) is 13.1 Å². The lowest BCUT2D eigenvalue weighted by molar-refractivity contribution is 0.0792. The predicted molar refractivity (Wildman–Crippen MR) is 80.2 cm³/mol. The molecule has 4 heteroatoms. The van der Waals surface area contributed by atoms with Crippen LogP contribution in [0.3, 0.4) is 0 Å². The molecule has 1 aliphatic heterocycles. The first-order valence-electron chi connectivity index (χ1n) is 6.95. The number of aliphatic hydroxyl groups excluding tert-OH is 1. The third-order valence-electron chi connectivity index (χ3n) is 3.78. The number of aliphatic hydroxyl groups is 1. The molecule has 2 aromatic rings. The highest BCUT2D eigenvalue weighted by Gasteiger charge is 2.17. The van der Waals surface area contributed by atoms with Gasteiger partial charge in [0.2, 0.25) is 0 Å². The van der Waals surface area contributed by atoms with E-state index in [-0.39, 0.29) is 11.9 Å². The SMILES string of the molecule is OC1CCN(Cc2ccc(F)c(-c3cccs3)c2)CC1. The van der Waals surface area contributed by atoms with Crippen LogP contribution in [0.15, 0.2) is 35.7 Å². The van der Waals surface area contributed by atoms with Crippen LogP contribution in [0.2, 0.25) is 0 Å². The van der Waals surface area contributed by atoms with Gasteiger partial charge in [0.25, 0.3) is 0 Å². The first-order valence-corrected chi connectivity index (χ1v) is 7.83. The van der Waals surface area contributed by atoms with Gasteiger partial charge in [0, 0.05) is 30.1 Å². The van der Waals surface area contributed by atoms with Crippen LogP contribution in [-0.4, -0.2) is 29.2 Å². The van der Waals surface area contributed by atoms with Crippen LogP contribution in [0, 0.1) is 5.82 Å². The average Bonchev–Trinajstić information content (AvgIpc) is 2.97. The molecule has 2 nitrogen and oxygen atoms in total. The van der Waals surface area contributed by atoms with Gasteiger partial charge in [-0.05, 0) is 42.0 Å². The number of thiophene rings is 1. The molecule has 106 valence electrons. The Morgan fingerprint density at radius 1 is 1.25 bits per heavy atom. The van der Waals surface area contributed by atoms with Crippen LogP contribution in [0.1, 0.15) is 18.4 Å². The van der Waals surface area contributed by atoms with Crippen molar-refractivity contribution in [3.63, 3.8) is 0 Å². The smallest absolute Gasteiger partial charge is 0.131 e. The third kappa shape index (κ3) is 3.08. The van der Waals surface area contributed by atoms with Crippen molar-refractivity contribution in [2.24, 2.45) is 0 Å². The van der Waals surface area contributed by atoms with Crippen molar-refractivity contribution in [1.82, 2.24) is 4.90 Å². The van der Waals surface area contributed by atoms with Crippen LogP contribution in [0.4, 0.5) is 4.39 Å². The van der Waals surface area contributed by atoms with Gasteiger partial charge in [0.05, 0.1) is 6.10 Å². The van der Waals surface area contributed by atoms with Gasteiger partial charge in [-0.3, -0.25) is 4.90 Å². The molecule has 3 rings (SSSR count). The van der Waals surface area contributed by atoms with Crippen molar-refractivity contribution in [3.05, 3.63) is 47.1 Å². The van der Waals surface area contributed by atoms with Gasteiger partial charge >= 0.3 is 0 Å². The second kappa shape index (κ2) is 6.04. The summed E-state index contributed by atoms with van der Waals surface area (Å²) in [6, 6.07) is 9.26. The Labute approximate surface area is 122 Å². The van der Waals surface area contributed by atoms with E-state index >= 15 is 0 Å². The van der Waals surface area contributed by atoms with Crippen molar-refractivity contribution in [2.45, 2.75) is 25.5 Å². The minimum atomic E-state index is -0.162. The van der Waals surface area contributed by atoms with Crippen molar-refractivity contribution in [3.8, 4) is 10.4 Å². The number of hydrogen-bond acceptors (Lipinski definition) is 3. The lowest BCUT2D eigenvalue weighted by Crippen LogP contribution is -2.35. The van der Waals surface area contributed by atoms with Crippen LogP contribution in [0.5, 0.6) is 0 Å². The Bertz CT molecular complexity index is 562. The topological polar surface area (TPSA) is 23.5 Å². The highest BCUT2D eigenvalue weighted by Crippen LogP contribution is 2.28. The molecule has 20 heavy (non-hydrogen) atoms. The molecule has 0 atom stereocenters. The van der Waals surface area contributed by atoms with E-state index in [4.69, 9.17) is 0 Å². The summed E-state index contributed by atoms with van der Waals surface area (Å²) >= 11 is 1.56. The Hall–Kier alpha value is -1.23. The summed E-state index contributed by atoms with van der Waals surface area (Å²) in [4.78, 5) is 3.29. The average molecular weight is 291 g/mol. The second-order valence-electron chi connectivity index (χ2n) is 5.30. The fourth-order valence-corrected chi connectivity index (χ4v) is 3.37. The summed E-state index contributed by atoms with van der Waals surface area (Å²) in [7, 11) is 0. The Balaban J connectivity index is 1.76. The number of benzene rings is 1. The van der Waals surface area contributed by atoms with Crippen molar-refractivity contribution in [1.29, 1.82) is 0 Å². The lowest BCUT2D eigenvalue weighted by Gasteiger charge is -2.29. The summed E-state index contributed by atoms with van der Waals surface area (Å²) in [5.74, 6) is -0.162. The molecule has 0 unspecified atom stereocenters. The molecule has 1 fully saturated rings. The largest absolute Gasteiger partial charge is 0.393 e. The molecular formula is C16H18FNOS. The van der Waals surface area contributed by atoms with E-state index in [0.29, 0.717) is 5.56 Å². The molecule has 1 aliphatic rings. The summed E-state index contributed by atoms with van der Waals surface area (Å²) in [6.07, 6.45) is 1.51. The van der Waals surface area contributed by atoms with Gasteiger partial charge in [-0.15, -0.1) is 11.3 Å². The molecule has 1 N–H and O–H groups in total. The zero-order valence-electron chi connectivity index (χ0n) is 11.3. The van der Waals surface area contributed by atoms with Gasteiger partial charge in [0.15, 0.2) is 0 Å². The maximum atomic E-state index is 13.9. The van der Waals surface area contributed by atoms with Gasteiger partial charge in [-0.25, -0.2) is 4.39 Å². The predicted octanol–water partition coefficient (Wildman–Crippen LogP) is 3.51. The summed E-state index contributed by atoms with van der Waals surface area (Å²) in [6.45, 7) is 2.64. The van der Waals surface area contributed by atoms with E-state index in [1.54, 1.807) is 17.4 Å². The normalized spacial score (nSPS) is 17.5. The molecule has 2 heterocycles. The summed E-state index contributed by atoms with van der Waals surface area (Å²) in [5, 5.41) is 11.5.